The third-order valence-corrected chi connectivity index (χ3v) is 5.01. The van der Waals surface area contributed by atoms with Gasteiger partial charge in [-0.3, -0.25) is 4.79 Å². The smallest absolute Gasteiger partial charge is 0.319 e. The van der Waals surface area contributed by atoms with Gasteiger partial charge in [0.05, 0.1) is 18.0 Å². The van der Waals surface area contributed by atoms with Crippen molar-refractivity contribution in [3.63, 3.8) is 0 Å². The van der Waals surface area contributed by atoms with Gasteiger partial charge in [0.25, 0.3) is 0 Å². The molecule has 0 spiro atoms. The van der Waals surface area contributed by atoms with Gasteiger partial charge in [-0.15, -0.1) is 0 Å². The summed E-state index contributed by atoms with van der Waals surface area (Å²) >= 11 is 0. The van der Waals surface area contributed by atoms with Crippen molar-refractivity contribution < 1.29 is 14.3 Å². The number of urea groups is 1. The first-order valence-electron chi connectivity index (χ1n) is 9.87. The number of carbonyl (C=O) groups is 2. The molecule has 3 rings (SSSR count). The van der Waals surface area contributed by atoms with Crippen LogP contribution in [-0.4, -0.2) is 32.1 Å². The fourth-order valence-corrected chi connectivity index (χ4v) is 3.47. The first-order valence-corrected chi connectivity index (χ1v) is 9.87. The highest BCUT2D eigenvalue weighted by molar-refractivity contribution is 5.98. The summed E-state index contributed by atoms with van der Waals surface area (Å²) in [7, 11) is 1.66. The molecule has 2 aromatic carbocycles. The standard InChI is InChI=1S/C22H28N4O3/c1-29-15-17-7-5-16(6-8-17)14-24-22(28)25-19-13-18(21(23)27)9-10-20(19)26-11-3-2-4-12-26/h5-10,13H,2-4,11-12,14-15H2,1H3,(H2,23,27)(H2,24,25,28). The summed E-state index contributed by atoms with van der Waals surface area (Å²) in [6.45, 7) is 2.82. The molecule has 3 amide bonds. The van der Waals surface area contributed by atoms with Crippen molar-refractivity contribution in [3.8, 4) is 0 Å². The first kappa shape index (κ1) is 20.7. The number of hydrogen-bond acceptors (Lipinski definition) is 4. The van der Waals surface area contributed by atoms with Gasteiger partial charge >= 0.3 is 6.03 Å². The Balaban J connectivity index is 1.67. The SMILES string of the molecule is COCc1ccc(CNC(=O)Nc2cc(C(N)=O)ccc2N2CCCCC2)cc1. The molecule has 0 saturated carbocycles. The number of hydrogen-bond donors (Lipinski definition) is 3. The number of amides is 3. The average Bonchev–Trinajstić information content (AvgIpc) is 2.74. The number of methoxy groups -OCH3 is 1. The van der Waals surface area contributed by atoms with E-state index in [9.17, 15) is 9.59 Å². The van der Waals surface area contributed by atoms with Gasteiger partial charge < -0.3 is 26.0 Å². The van der Waals surface area contributed by atoms with Crippen LogP contribution in [0, 0.1) is 0 Å². The van der Waals surface area contributed by atoms with Gasteiger partial charge in [-0.05, 0) is 48.6 Å². The minimum absolute atomic E-state index is 0.328. The second-order valence-electron chi connectivity index (χ2n) is 7.20. The third kappa shape index (κ3) is 5.71. The van der Waals surface area contributed by atoms with Crippen molar-refractivity contribution in [2.75, 3.05) is 30.4 Å². The molecule has 0 aliphatic carbocycles. The summed E-state index contributed by atoms with van der Waals surface area (Å²) in [6.07, 6.45) is 3.44. The largest absolute Gasteiger partial charge is 0.380 e. The van der Waals surface area contributed by atoms with Crippen LogP contribution in [-0.2, 0) is 17.9 Å². The van der Waals surface area contributed by atoms with E-state index in [1.807, 2.05) is 30.3 Å². The predicted molar refractivity (Wildman–Crippen MR) is 114 cm³/mol. The Morgan fingerprint density at radius 1 is 1.03 bits per heavy atom. The van der Waals surface area contributed by atoms with Gasteiger partial charge in [0.1, 0.15) is 0 Å². The van der Waals surface area contributed by atoms with Gasteiger partial charge in [-0.25, -0.2) is 4.79 Å². The molecule has 1 aliphatic rings. The van der Waals surface area contributed by atoms with E-state index in [2.05, 4.69) is 15.5 Å². The number of nitrogens with zero attached hydrogens (tertiary/aromatic N) is 1. The summed E-state index contributed by atoms with van der Waals surface area (Å²) < 4.78 is 5.10. The van der Waals surface area contributed by atoms with Gasteiger partial charge in [-0.1, -0.05) is 24.3 Å². The predicted octanol–water partition coefficient (Wildman–Crippen LogP) is 3.24. The van der Waals surface area contributed by atoms with Crippen LogP contribution in [0.15, 0.2) is 42.5 Å². The molecule has 1 heterocycles. The molecule has 0 radical (unpaired) electrons. The number of nitrogens with two attached hydrogens (primary N) is 1. The lowest BCUT2D eigenvalue weighted by Crippen LogP contribution is -2.32. The first-order chi connectivity index (χ1) is 14.1. The van der Waals surface area contributed by atoms with Crippen LogP contribution in [0.25, 0.3) is 0 Å². The van der Waals surface area contributed by atoms with E-state index >= 15 is 0 Å². The number of anilines is 2. The van der Waals surface area contributed by atoms with Crippen LogP contribution in [0.3, 0.4) is 0 Å². The second-order valence-corrected chi connectivity index (χ2v) is 7.20. The lowest BCUT2D eigenvalue weighted by atomic mass is 10.1. The Hall–Kier alpha value is -3.06. The fourth-order valence-electron chi connectivity index (χ4n) is 3.47. The molecule has 1 saturated heterocycles. The third-order valence-electron chi connectivity index (χ3n) is 5.01. The number of nitrogens with one attached hydrogen (secondary N) is 2. The van der Waals surface area contributed by atoms with E-state index in [-0.39, 0.29) is 6.03 Å². The Bertz CT molecular complexity index is 846. The van der Waals surface area contributed by atoms with Crippen LogP contribution in [0.5, 0.6) is 0 Å². The van der Waals surface area contributed by atoms with E-state index in [0.29, 0.717) is 24.4 Å². The molecule has 7 nitrogen and oxygen atoms in total. The number of benzene rings is 2. The van der Waals surface area contributed by atoms with Gasteiger partial charge in [0.2, 0.25) is 5.91 Å². The molecule has 154 valence electrons. The number of primary amides is 1. The number of piperidine rings is 1. The Morgan fingerprint density at radius 2 is 1.72 bits per heavy atom. The highest BCUT2D eigenvalue weighted by Gasteiger charge is 2.17. The molecular formula is C22H28N4O3. The lowest BCUT2D eigenvalue weighted by molar-refractivity contribution is 0.100. The van der Waals surface area contributed by atoms with E-state index in [0.717, 1.165) is 42.7 Å². The van der Waals surface area contributed by atoms with E-state index < -0.39 is 5.91 Å². The minimum Gasteiger partial charge on any atom is -0.380 e. The number of ether oxygens (including phenoxy) is 1. The summed E-state index contributed by atoms with van der Waals surface area (Å²) in [4.78, 5) is 26.3. The van der Waals surface area contributed by atoms with Crippen molar-refractivity contribution in [2.45, 2.75) is 32.4 Å². The summed E-state index contributed by atoms with van der Waals surface area (Å²) in [5.74, 6) is -0.519. The molecular weight excluding hydrogens is 368 g/mol. The van der Waals surface area contributed by atoms with E-state index in [1.165, 1.54) is 6.42 Å². The zero-order valence-electron chi connectivity index (χ0n) is 16.7. The number of carbonyl (C=O) groups excluding carboxylic acids is 2. The molecule has 0 unspecified atom stereocenters. The Morgan fingerprint density at radius 3 is 2.38 bits per heavy atom. The van der Waals surface area contributed by atoms with Crippen molar-refractivity contribution in [1.29, 1.82) is 0 Å². The highest BCUT2D eigenvalue weighted by Crippen LogP contribution is 2.29. The van der Waals surface area contributed by atoms with Crippen LogP contribution >= 0.6 is 0 Å². The highest BCUT2D eigenvalue weighted by atomic mass is 16.5. The van der Waals surface area contributed by atoms with Gasteiger partial charge in [0, 0.05) is 32.3 Å². The zero-order valence-corrected chi connectivity index (χ0v) is 16.7. The monoisotopic (exact) mass is 396 g/mol. The number of rotatable bonds is 7. The molecule has 0 atom stereocenters. The fraction of sp³-hybridized carbons (Fsp3) is 0.364. The molecule has 7 heteroatoms. The average molecular weight is 396 g/mol. The quantitative estimate of drug-likeness (QED) is 0.669. The lowest BCUT2D eigenvalue weighted by Gasteiger charge is -2.30. The maximum Gasteiger partial charge on any atom is 0.319 e. The van der Waals surface area contributed by atoms with Crippen LogP contribution in [0.2, 0.25) is 0 Å². The van der Waals surface area contributed by atoms with Crippen molar-refractivity contribution in [2.24, 2.45) is 5.73 Å². The molecule has 4 N–H and O–H groups in total. The van der Waals surface area contributed by atoms with E-state index in [1.54, 1.807) is 19.2 Å². The molecule has 0 aromatic heterocycles. The minimum atomic E-state index is -0.519. The maximum absolute atomic E-state index is 12.5. The van der Waals surface area contributed by atoms with Crippen molar-refractivity contribution in [1.82, 2.24) is 5.32 Å². The van der Waals surface area contributed by atoms with Crippen LogP contribution < -0.4 is 21.3 Å². The van der Waals surface area contributed by atoms with Gasteiger partial charge in [0.15, 0.2) is 0 Å². The normalized spacial score (nSPS) is 13.8. The molecule has 1 fully saturated rings. The van der Waals surface area contributed by atoms with Crippen molar-refractivity contribution >= 4 is 23.3 Å². The Labute approximate surface area is 171 Å². The van der Waals surface area contributed by atoms with Crippen LogP contribution in [0.4, 0.5) is 16.2 Å². The van der Waals surface area contributed by atoms with Crippen molar-refractivity contribution in [3.05, 3.63) is 59.2 Å². The zero-order chi connectivity index (χ0) is 20.6. The van der Waals surface area contributed by atoms with E-state index in [4.69, 9.17) is 10.5 Å². The summed E-state index contributed by atoms with van der Waals surface area (Å²) in [5.41, 5.74) is 9.36. The summed E-state index contributed by atoms with van der Waals surface area (Å²) in [5, 5.41) is 5.75. The van der Waals surface area contributed by atoms with Crippen LogP contribution in [0.1, 0.15) is 40.7 Å². The topological polar surface area (TPSA) is 96.7 Å². The molecule has 0 bridgehead atoms. The Kier molecular flexibility index (Phi) is 7.08. The molecule has 29 heavy (non-hydrogen) atoms. The molecule has 1 aliphatic heterocycles. The summed E-state index contributed by atoms with van der Waals surface area (Å²) in [6, 6.07) is 12.7. The molecule has 2 aromatic rings. The van der Waals surface area contributed by atoms with Gasteiger partial charge in [-0.2, -0.15) is 0 Å². The maximum atomic E-state index is 12.5. The second kappa shape index (κ2) is 9.93.